The molecule has 7 heteroatoms. The molecule has 0 radical (unpaired) electrons. The Balaban J connectivity index is 1.45. The first-order valence-corrected chi connectivity index (χ1v) is 9.96. The molecular formula is C17H20BrN3O2S. The van der Waals surface area contributed by atoms with Gasteiger partial charge in [-0.2, -0.15) is 0 Å². The highest BCUT2D eigenvalue weighted by Gasteiger charge is 2.16. The van der Waals surface area contributed by atoms with Crippen molar-refractivity contribution < 1.29 is 9.21 Å². The summed E-state index contributed by atoms with van der Waals surface area (Å²) in [6.07, 6.45) is 6.48. The average molecular weight is 410 g/mol. The first-order valence-electron chi connectivity index (χ1n) is 8.18. The highest BCUT2D eigenvalue weighted by molar-refractivity contribution is 9.10. The third-order valence-electron chi connectivity index (χ3n) is 4.01. The van der Waals surface area contributed by atoms with Gasteiger partial charge >= 0.3 is 0 Å². The number of amides is 1. The maximum atomic E-state index is 12.0. The number of nitrogens with zero attached hydrogens (tertiary/aromatic N) is 2. The Bertz CT molecular complexity index is 669. The Labute approximate surface area is 154 Å². The predicted molar refractivity (Wildman–Crippen MR) is 97.0 cm³/mol. The van der Waals surface area contributed by atoms with Gasteiger partial charge in [0.25, 0.3) is 5.22 Å². The van der Waals surface area contributed by atoms with E-state index in [1.54, 1.807) is 0 Å². The van der Waals surface area contributed by atoms with E-state index in [0.717, 1.165) is 22.9 Å². The quantitative estimate of drug-likeness (QED) is 0.731. The molecule has 1 aromatic heterocycles. The molecule has 0 atom stereocenters. The smallest absolute Gasteiger partial charge is 0.277 e. The molecule has 24 heavy (non-hydrogen) atoms. The minimum Gasteiger partial charge on any atom is -0.416 e. The van der Waals surface area contributed by atoms with E-state index in [4.69, 9.17) is 4.42 Å². The predicted octanol–water partition coefficient (Wildman–Crippen LogP) is 3.96. The Morgan fingerprint density at radius 3 is 2.71 bits per heavy atom. The molecule has 3 rings (SSSR count). The van der Waals surface area contributed by atoms with Gasteiger partial charge in [-0.1, -0.05) is 59.1 Å². The van der Waals surface area contributed by atoms with Gasteiger partial charge in [0.2, 0.25) is 11.8 Å². The molecular weight excluding hydrogens is 390 g/mol. The summed E-state index contributed by atoms with van der Waals surface area (Å²) < 4.78 is 6.65. The van der Waals surface area contributed by atoms with E-state index in [-0.39, 0.29) is 5.91 Å². The number of hydrogen-bond donors (Lipinski definition) is 1. The van der Waals surface area contributed by atoms with Crippen molar-refractivity contribution in [2.75, 3.05) is 5.75 Å². The van der Waals surface area contributed by atoms with Crippen molar-refractivity contribution in [3.05, 3.63) is 40.2 Å². The van der Waals surface area contributed by atoms with Gasteiger partial charge < -0.3 is 9.73 Å². The fraction of sp³-hybridized carbons (Fsp3) is 0.471. The van der Waals surface area contributed by atoms with E-state index in [9.17, 15) is 4.79 Å². The fourth-order valence-electron chi connectivity index (χ4n) is 2.79. The van der Waals surface area contributed by atoms with E-state index in [0.29, 0.717) is 29.3 Å². The second-order valence-corrected chi connectivity index (χ2v) is 7.80. The molecule has 2 aromatic rings. The van der Waals surface area contributed by atoms with Crippen LogP contribution in [0.3, 0.4) is 0 Å². The molecule has 1 heterocycles. The van der Waals surface area contributed by atoms with E-state index >= 15 is 0 Å². The first kappa shape index (κ1) is 17.5. The summed E-state index contributed by atoms with van der Waals surface area (Å²) in [5.74, 6) is 0.920. The number of benzene rings is 1. The summed E-state index contributed by atoms with van der Waals surface area (Å²) in [7, 11) is 0. The van der Waals surface area contributed by atoms with Crippen LogP contribution in [0.5, 0.6) is 0 Å². The normalized spacial score (nSPS) is 15.4. The summed E-state index contributed by atoms with van der Waals surface area (Å²) in [6, 6.07) is 8.33. The van der Waals surface area contributed by atoms with Crippen LogP contribution in [0.1, 0.15) is 43.6 Å². The fourth-order valence-corrected chi connectivity index (χ4v) is 3.64. The van der Waals surface area contributed by atoms with Gasteiger partial charge in [0.1, 0.15) is 0 Å². The lowest BCUT2D eigenvalue weighted by atomic mass is 9.95. The second-order valence-electron chi connectivity index (χ2n) is 5.96. The number of thioether (sulfide) groups is 1. The van der Waals surface area contributed by atoms with Crippen LogP contribution in [0.2, 0.25) is 0 Å². The number of carbonyl (C=O) groups excluding carboxylic acids is 1. The minimum atomic E-state index is 0.0413. The lowest BCUT2D eigenvalue weighted by molar-refractivity contribution is -0.119. The summed E-state index contributed by atoms with van der Waals surface area (Å²) in [6.45, 7) is 0. The van der Waals surface area contributed by atoms with Crippen LogP contribution in [-0.4, -0.2) is 27.9 Å². The van der Waals surface area contributed by atoms with Gasteiger partial charge in [0.05, 0.1) is 12.2 Å². The zero-order valence-corrected chi connectivity index (χ0v) is 15.7. The van der Waals surface area contributed by atoms with Crippen LogP contribution >= 0.6 is 27.7 Å². The second kappa shape index (κ2) is 8.67. The third-order valence-corrected chi connectivity index (χ3v) is 5.36. The molecule has 1 fully saturated rings. The van der Waals surface area contributed by atoms with Crippen LogP contribution in [0, 0.1) is 0 Å². The van der Waals surface area contributed by atoms with Gasteiger partial charge in [-0.25, -0.2) is 0 Å². The summed E-state index contributed by atoms with van der Waals surface area (Å²) in [5, 5.41) is 11.6. The highest BCUT2D eigenvalue weighted by atomic mass is 79.9. The molecule has 128 valence electrons. The van der Waals surface area contributed by atoms with Crippen molar-refractivity contribution in [2.45, 2.75) is 49.8 Å². The molecule has 0 unspecified atom stereocenters. The van der Waals surface area contributed by atoms with Gasteiger partial charge in [0, 0.05) is 10.5 Å². The van der Waals surface area contributed by atoms with Crippen molar-refractivity contribution in [3.8, 4) is 0 Å². The molecule has 1 aliphatic carbocycles. The van der Waals surface area contributed by atoms with Gasteiger partial charge in [0.15, 0.2) is 0 Å². The summed E-state index contributed by atoms with van der Waals surface area (Å²) >= 11 is 4.70. The van der Waals surface area contributed by atoms with Crippen molar-refractivity contribution in [3.63, 3.8) is 0 Å². The number of nitrogens with one attached hydrogen (secondary N) is 1. The molecule has 1 N–H and O–H groups in total. The molecule has 5 nitrogen and oxygen atoms in total. The Morgan fingerprint density at radius 2 is 1.96 bits per heavy atom. The maximum absolute atomic E-state index is 12.0. The van der Waals surface area contributed by atoms with Crippen molar-refractivity contribution in [1.29, 1.82) is 0 Å². The number of carbonyl (C=O) groups is 1. The summed E-state index contributed by atoms with van der Waals surface area (Å²) in [5.41, 5.74) is 1.11. The SMILES string of the molecule is O=C(CSc1nnc(Cc2ccc(Br)cc2)o1)NC1CCCCC1. The van der Waals surface area contributed by atoms with Crippen LogP contribution in [0.25, 0.3) is 0 Å². The average Bonchev–Trinajstić information content (AvgIpc) is 3.04. The zero-order chi connectivity index (χ0) is 16.8. The van der Waals surface area contributed by atoms with Gasteiger partial charge in [-0.15, -0.1) is 10.2 Å². The van der Waals surface area contributed by atoms with Gasteiger partial charge in [-0.05, 0) is 30.5 Å². The topological polar surface area (TPSA) is 68.0 Å². The van der Waals surface area contributed by atoms with Crippen LogP contribution < -0.4 is 5.32 Å². The molecule has 0 spiro atoms. The zero-order valence-electron chi connectivity index (χ0n) is 13.3. The molecule has 1 aliphatic rings. The van der Waals surface area contributed by atoms with Crippen molar-refractivity contribution in [2.24, 2.45) is 0 Å². The maximum Gasteiger partial charge on any atom is 0.277 e. The van der Waals surface area contributed by atoms with Crippen molar-refractivity contribution in [1.82, 2.24) is 15.5 Å². The molecule has 1 aromatic carbocycles. The van der Waals surface area contributed by atoms with E-state index in [1.165, 1.54) is 31.0 Å². The highest BCUT2D eigenvalue weighted by Crippen LogP contribution is 2.20. The Morgan fingerprint density at radius 1 is 1.21 bits per heavy atom. The standard InChI is InChI=1S/C17H20BrN3O2S/c18-13-8-6-12(7-9-13)10-16-20-21-17(23-16)24-11-15(22)19-14-4-2-1-3-5-14/h6-9,14H,1-5,10-11H2,(H,19,22). The largest absolute Gasteiger partial charge is 0.416 e. The van der Waals surface area contributed by atoms with E-state index < -0.39 is 0 Å². The van der Waals surface area contributed by atoms with E-state index in [1.807, 2.05) is 24.3 Å². The molecule has 1 saturated carbocycles. The first-order chi connectivity index (χ1) is 11.7. The molecule has 0 aliphatic heterocycles. The number of halogens is 1. The van der Waals surface area contributed by atoms with Crippen LogP contribution in [0.15, 0.2) is 38.4 Å². The van der Waals surface area contributed by atoms with Gasteiger partial charge in [-0.3, -0.25) is 4.79 Å². The molecule has 0 saturated heterocycles. The third kappa shape index (κ3) is 5.34. The molecule has 1 amide bonds. The van der Waals surface area contributed by atoms with Crippen molar-refractivity contribution >= 4 is 33.6 Å². The molecule has 0 bridgehead atoms. The number of aromatic nitrogens is 2. The van der Waals surface area contributed by atoms with E-state index in [2.05, 4.69) is 31.4 Å². The minimum absolute atomic E-state index is 0.0413. The number of hydrogen-bond acceptors (Lipinski definition) is 5. The Hall–Kier alpha value is -1.34. The van der Waals surface area contributed by atoms with Crippen LogP contribution in [-0.2, 0) is 11.2 Å². The summed E-state index contributed by atoms with van der Waals surface area (Å²) in [4.78, 5) is 12.0. The number of rotatable bonds is 6. The monoisotopic (exact) mass is 409 g/mol. The van der Waals surface area contributed by atoms with Crippen LogP contribution in [0.4, 0.5) is 0 Å². The Kier molecular flexibility index (Phi) is 6.31. The lowest BCUT2D eigenvalue weighted by Crippen LogP contribution is -2.37. The lowest BCUT2D eigenvalue weighted by Gasteiger charge is -2.22.